The van der Waals surface area contributed by atoms with Crippen molar-refractivity contribution in [2.75, 3.05) is 18.0 Å². The summed E-state index contributed by atoms with van der Waals surface area (Å²) in [4.78, 5) is 11.4. The van der Waals surface area contributed by atoms with Gasteiger partial charge in [-0.2, -0.15) is 23.3 Å². The summed E-state index contributed by atoms with van der Waals surface area (Å²) in [6, 6.07) is 3.85. The molecule has 2 fully saturated rings. The highest BCUT2D eigenvalue weighted by Gasteiger charge is 2.44. The van der Waals surface area contributed by atoms with E-state index in [2.05, 4.69) is 15.0 Å². The van der Waals surface area contributed by atoms with Crippen LogP contribution in [0.2, 0.25) is 0 Å². The summed E-state index contributed by atoms with van der Waals surface area (Å²) in [6.07, 6.45) is -0.283. The molecule has 0 amide bonds. The van der Waals surface area contributed by atoms with Gasteiger partial charge in [-0.25, -0.2) is 14.1 Å². The fourth-order valence-electron chi connectivity index (χ4n) is 6.23. The van der Waals surface area contributed by atoms with E-state index in [4.69, 9.17) is 14.6 Å². The van der Waals surface area contributed by atoms with Gasteiger partial charge >= 0.3 is 12.2 Å². The van der Waals surface area contributed by atoms with E-state index in [0.717, 1.165) is 56.7 Å². The van der Waals surface area contributed by atoms with E-state index in [1.807, 2.05) is 11.6 Å². The first kappa shape index (κ1) is 22.5. The van der Waals surface area contributed by atoms with E-state index in [1.54, 1.807) is 0 Å². The molecule has 0 N–H and O–H groups in total. The van der Waals surface area contributed by atoms with Crippen LogP contribution < -0.4 is 4.90 Å². The monoisotopic (exact) mass is 490 g/mol. The van der Waals surface area contributed by atoms with Gasteiger partial charge in [0.2, 0.25) is 0 Å². The summed E-state index contributed by atoms with van der Waals surface area (Å²) in [7, 11) is 0. The maximum absolute atomic E-state index is 13.8. The van der Waals surface area contributed by atoms with Gasteiger partial charge in [0.1, 0.15) is 11.6 Å². The highest BCUT2D eigenvalue weighted by molar-refractivity contribution is 5.34. The van der Waals surface area contributed by atoms with Gasteiger partial charge in [0.15, 0.2) is 11.6 Å². The number of rotatable bonds is 4. The molecule has 1 aliphatic carbocycles. The average Bonchev–Trinajstić information content (AvgIpc) is 3.48. The number of benzene rings is 1. The minimum atomic E-state index is -4.73. The Balaban J connectivity index is 1.22. The van der Waals surface area contributed by atoms with Gasteiger partial charge in [-0.1, -0.05) is 11.2 Å². The third-order valence-electron chi connectivity index (χ3n) is 7.85. The normalized spacial score (nSPS) is 26.3. The lowest BCUT2D eigenvalue weighted by Gasteiger charge is -2.36. The third-order valence-corrected chi connectivity index (χ3v) is 7.85. The molecule has 4 atom stereocenters. The molecule has 186 valence electrons. The lowest BCUT2D eigenvalue weighted by molar-refractivity contribution is -0.140. The third kappa shape index (κ3) is 4.08. The lowest BCUT2D eigenvalue weighted by atomic mass is 9.82. The zero-order valence-electron chi connectivity index (χ0n) is 19.3. The van der Waals surface area contributed by atoms with E-state index in [0.29, 0.717) is 53.9 Å². The maximum atomic E-state index is 13.8. The van der Waals surface area contributed by atoms with E-state index < -0.39 is 17.6 Å². The van der Waals surface area contributed by atoms with Crippen molar-refractivity contribution in [1.29, 1.82) is 0 Å². The Labute approximate surface area is 199 Å². The number of nitrogens with zero attached hydrogens (tertiary/aromatic N) is 6. The largest absolute Gasteiger partial charge is 0.419 e. The molecule has 4 heterocycles. The smallest absolute Gasteiger partial charge is 0.324 e. The molecule has 2 aromatic heterocycles. The molecule has 6 rings (SSSR count). The van der Waals surface area contributed by atoms with Gasteiger partial charge in [-0.15, -0.1) is 0 Å². The highest BCUT2D eigenvalue weighted by atomic mass is 19.4. The topological polar surface area (TPSA) is 72.9 Å². The van der Waals surface area contributed by atoms with Crippen LogP contribution in [0.25, 0.3) is 0 Å². The zero-order chi connectivity index (χ0) is 24.3. The first-order valence-corrected chi connectivity index (χ1v) is 12.1. The van der Waals surface area contributed by atoms with Gasteiger partial charge in [-0.3, -0.25) is 0 Å². The molecule has 0 spiro atoms. The second-order valence-corrected chi connectivity index (χ2v) is 10.0. The first-order chi connectivity index (χ1) is 16.8. The van der Waals surface area contributed by atoms with Gasteiger partial charge < -0.3 is 9.42 Å². The summed E-state index contributed by atoms with van der Waals surface area (Å²) >= 11 is 0. The molecule has 2 aliphatic heterocycles. The Morgan fingerprint density at radius 2 is 1.86 bits per heavy atom. The quantitative estimate of drug-likeness (QED) is 0.491. The minimum Gasteiger partial charge on any atom is -0.324 e. The van der Waals surface area contributed by atoms with Crippen LogP contribution in [-0.4, -0.2) is 38.0 Å². The molecule has 3 aromatic rings. The molecule has 35 heavy (non-hydrogen) atoms. The number of anilines is 1. The molecule has 0 radical (unpaired) electrons. The predicted molar refractivity (Wildman–Crippen MR) is 117 cm³/mol. The molecule has 1 aromatic carbocycles. The Hall–Kier alpha value is -2.98. The van der Waals surface area contributed by atoms with Crippen molar-refractivity contribution in [2.45, 2.75) is 57.7 Å². The number of hydrogen-bond donors (Lipinski definition) is 0. The predicted octanol–water partition coefficient (Wildman–Crippen LogP) is 4.76. The zero-order valence-corrected chi connectivity index (χ0v) is 19.3. The van der Waals surface area contributed by atoms with Crippen LogP contribution in [0, 0.1) is 30.5 Å². The second kappa shape index (κ2) is 8.30. The minimum absolute atomic E-state index is 0.328. The summed E-state index contributed by atoms with van der Waals surface area (Å²) < 4.78 is 60.9. The fourth-order valence-corrected chi connectivity index (χ4v) is 6.23. The van der Waals surface area contributed by atoms with Crippen molar-refractivity contribution in [1.82, 2.24) is 24.9 Å². The SMILES string of the molecule is Cc1noc(N2C[C@H]3CC[C@@H](C2)C3Cc2nc3n(n2)CCCC3c2ccc(F)c(C(F)(F)F)c2)n1. The first-order valence-electron chi connectivity index (χ1n) is 12.1. The van der Waals surface area contributed by atoms with Crippen molar-refractivity contribution >= 4 is 6.01 Å². The second-order valence-electron chi connectivity index (χ2n) is 10.0. The van der Waals surface area contributed by atoms with Gasteiger partial charge in [-0.05, 0) is 68.1 Å². The highest BCUT2D eigenvalue weighted by Crippen LogP contribution is 2.44. The van der Waals surface area contributed by atoms with Gasteiger partial charge in [0, 0.05) is 32.0 Å². The van der Waals surface area contributed by atoms with E-state index in [1.165, 1.54) is 6.07 Å². The van der Waals surface area contributed by atoms with Gasteiger partial charge in [0.05, 0.1) is 5.56 Å². The number of fused-ring (bicyclic) bond motifs is 3. The fraction of sp³-hybridized carbons (Fsp3) is 0.583. The molecule has 3 aliphatic rings. The number of halogens is 4. The summed E-state index contributed by atoms with van der Waals surface area (Å²) in [6.45, 7) is 4.21. The van der Waals surface area contributed by atoms with Crippen molar-refractivity contribution in [3.05, 3.63) is 52.6 Å². The Bertz CT molecular complexity index is 1220. The molecule has 2 unspecified atom stereocenters. The van der Waals surface area contributed by atoms with Crippen molar-refractivity contribution in [3.63, 3.8) is 0 Å². The van der Waals surface area contributed by atoms with E-state index >= 15 is 0 Å². The standard InChI is InChI=1S/C24H26F4N6O/c1-13-29-23(35-32-13)33-11-15-4-5-16(12-33)18(15)10-21-30-22-17(3-2-8-34(22)31-21)14-6-7-20(25)19(9-14)24(26,27)28/h6-7,9,15-18H,2-5,8,10-12H2,1H3/t15-,16+,17?,18?. The number of piperidine rings is 1. The van der Waals surface area contributed by atoms with Crippen LogP contribution >= 0.6 is 0 Å². The number of aromatic nitrogens is 5. The van der Waals surface area contributed by atoms with Crippen LogP contribution in [0.5, 0.6) is 0 Å². The van der Waals surface area contributed by atoms with Crippen LogP contribution in [-0.2, 0) is 19.1 Å². The Morgan fingerprint density at radius 3 is 2.54 bits per heavy atom. The number of aryl methyl sites for hydroxylation is 2. The lowest BCUT2D eigenvalue weighted by Crippen LogP contribution is -2.43. The van der Waals surface area contributed by atoms with E-state index in [9.17, 15) is 17.6 Å². The molecule has 2 bridgehead atoms. The molecule has 1 saturated carbocycles. The van der Waals surface area contributed by atoms with Crippen molar-refractivity contribution in [2.24, 2.45) is 17.8 Å². The molecule has 1 saturated heterocycles. The Morgan fingerprint density at radius 1 is 1.09 bits per heavy atom. The van der Waals surface area contributed by atoms with Crippen LogP contribution in [0.15, 0.2) is 22.7 Å². The number of hydrogen-bond acceptors (Lipinski definition) is 6. The van der Waals surface area contributed by atoms with Gasteiger partial charge in [0.25, 0.3) is 0 Å². The van der Waals surface area contributed by atoms with Crippen LogP contribution in [0.3, 0.4) is 0 Å². The van der Waals surface area contributed by atoms with E-state index in [-0.39, 0.29) is 5.92 Å². The molecule has 7 nitrogen and oxygen atoms in total. The molecular formula is C24H26F4N6O. The van der Waals surface area contributed by atoms with Crippen molar-refractivity contribution in [3.8, 4) is 0 Å². The molecule has 11 heteroatoms. The summed E-state index contributed by atoms with van der Waals surface area (Å²) in [5.74, 6) is 1.86. The average molecular weight is 491 g/mol. The number of alkyl halides is 3. The van der Waals surface area contributed by atoms with Crippen molar-refractivity contribution < 1.29 is 22.1 Å². The maximum Gasteiger partial charge on any atom is 0.419 e. The van der Waals surface area contributed by atoms with Crippen LogP contribution in [0.1, 0.15) is 60.2 Å². The molecular weight excluding hydrogens is 464 g/mol. The summed E-state index contributed by atoms with van der Waals surface area (Å²) in [5, 5.41) is 8.65. The summed E-state index contributed by atoms with van der Waals surface area (Å²) in [5.41, 5.74) is -0.798. The van der Waals surface area contributed by atoms with Crippen LogP contribution in [0.4, 0.5) is 23.6 Å². The Kier molecular flexibility index (Phi) is 5.33.